The standard InChI is InChI=1S/C5H13BSi/c1-7(2,3)5-4-6/h4-5H2,1-3H3. The van der Waals surface area contributed by atoms with Gasteiger partial charge in [0.05, 0.1) is 7.85 Å². The van der Waals surface area contributed by atoms with Gasteiger partial charge in [-0.1, -0.05) is 32.0 Å². The summed E-state index contributed by atoms with van der Waals surface area (Å²) >= 11 is 0. The molecule has 7 heavy (non-hydrogen) atoms. The van der Waals surface area contributed by atoms with Crippen molar-refractivity contribution < 1.29 is 0 Å². The van der Waals surface area contributed by atoms with Gasteiger partial charge in [-0.25, -0.2) is 0 Å². The number of hydrogen-bond donors (Lipinski definition) is 0. The average Bonchev–Trinajstić information content (AvgIpc) is 1.30. The van der Waals surface area contributed by atoms with Crippen molar-refractivity contribution in [1.82, 2.24) is 0 Å². The summed E-state index contributed by atoms with van der Waals surface area (Å²) in [6.45, 7) is 7.00. The van der Waals surface area contributed by atoms with Crippen molar-refractivity contribution in [3.05, 3.63) is 0 Å². The lowest BCUT2D eigenvalue weighted by molar-refractivity contribution is 1.35. The highest BCUT2D eigenvalue weighted by atomic mass is 28.3. The van der Waals surface area contributed by atoms with E-state index in [4.69, 9.17) is 7.85 Å². The van der Waals surface area contributed by atoms with Gasteiger partial charge in [0.1, 0.15) is 0 Å². The number of rotatable bonds is 2. The highest BCUT2D eigenvalue weighted by Crippen LogP contribution is 2.08. The zero-order valence-corrected chi connectivity index (χ0v) is 6.49. The molecule has 0 aliphatic carbocycles. The molecule has 0 fully saturated rings. The van der Waals surface area contributed by atoms with E-state index in [-0.39, 0.29) is 0 Å². The van der Waals surface area contributed by atoms with Crippen molar-refractivity contribution >= 4 is 15.9 Å². The Bertz CT molecular complexity index is 46.5. The van der Waals surface area contributed by atoms with Crippen LogP contribution in [0.3, 0.4) is 0 Å². The van der Waals surface area contributed by atoms with Gasteiger partial charge in [0.15, 0.2) is 0 Å². The molecule has 0 aliphatic heterocycles. The minimum Gasteiger partial charge on any atom is -0.0910 e. The van der Waals surface area contributed by atoms with Crippen LogP contribution < -0.4 is 0 Å². The molecule has 0 aromatic carbocycles. The molecule has 0 saturated carbocycles. The molecule has 0 atom stereocenters. The molecule has 0 aromatic heterocycles. The molecule has 0 heterocycles. The summed E-state index contributed by atoms with van der Waals surface area (Å²) in [5.74, 6) is 0. The molecule has 0 rings (SSSR count). The van der Waals surface area contributed by atoms with Gasteiger partial charge in [-0.2, -0.15) is 0 Å². The van der Waals surface area contributed by atoms with E-state index in [9.17, 15) is 0 Å². The van der Waals surface area contributed by atoms with Crippen LogP contribution in [0.4, 0.5) is 0 Å². The van der Waals surface area contributed by atoms with E-state index < -0.39 is 8.07 Å². The first kappa shape index (κ1) is 7.28. The number of hydrogen-bond acceptors (Lipinski definition) is 0. The monoisotopic (exact) mass is 112 g/mol. The maximum absolute atomic E-state index is 5.35. The van der Waals surface area contributed by atoms with Crippen LogP contribution in [0.25, 0.3) is 0 Å². The van der Waals surface area contributed by atoms with Gasteiger partial charge < -0.3 is 0 Å². The molecule has 2 radical (unpaired) electrons. The van der Waals surface area contributed by atoms with Crippen LogP contribution >= 0.6 is 0 Å². The fourth-order valence-corrected chi connectivity index (χ4v) is 1.30. The average molecular weight is 112 g/mol. The molecule has 0 bridgehead atoms. The fourth-order valence-electron chi connectivity index (χ4n) is 0.433. The van der Waals surface area contributed by atoms with Crippen molar-refractivity contribution in [2.45, 2.75) is 32.0 Å². The van der Waals surface area contributed by atoms with Crippen LogP contribution in [0.15, 0.2) is 0 Å². The summed E-state index contributed by atoms with van der Waals surface area (Å²) < 4.78 is 0. The Kier molecular flexibility index (Phi) is 2.66. The molecule has 0 unspecified atom stereocenters. The van der Waals surface area contributed by atoms with E-state index in [1.807, 2.05) is 0 Å². The van der Waals surface area contributed by atoms with E-state index >= 15 is 0 Å². The normalized spacial score (nSPS) is 11.9. The summed E-state index contributed by atoms with van der Waals surface area (Å²) in [7, 11) is 4.57. The second-order valence-electron chi connectivity index (χ2n) is 3.10. The van der Waals surface area contributed by atoms with Crippen LogP contribution in [0.5, 0.6) is 0 Å². The van der Waals surface area contributed by atoms with Crippen molar-refractivity contribution in [1.29, 1.82) is 0 Å². The van der Waals surface area contributed by atoms with Crippen LogP contribution in [0.2, 0.25) is 32.0 Å². The quantitative estimate of drug-likeness (QED) is 0.478. The largest absolute Gasteiger partial charge is 0.0910 e. The van der Waals surface area contributed by atoms with Crippen molar-refractivity contribution in [3.8, 4) is 0 Å². The van der Waals surface area contributed by atoms with E-state index in [1.165, 1.54) is 6.04 Å². The Labute approximate surface area is 48.7 Å². The zero-order chi connectivity index (χ0) is 5.91. The van der Waals surface area contributed by atoms with Crippen molar-refractivity contribution in [3.63, 3.8) is 0 Å². The molecule has 0 amide bonds. The topological polar surface area (TPSA) is 0 Å². The Morgan fingerprint density at radius 2 is 1.71 bits per heavy atom. The molecule has 0 N–H and O–H groups in total. The second kappa shape index (κ2) is 2.56. The minimum atomic E-state index is -0.782. The van der Waals surface area contributed by atoms with Gasteiger partial charge in [0, 0.05) is 8.07 Å². The molecular formula is C5H13BSi. The van der Waals surface area contributed by atoms with Crippen molar-refractivity contribution in [2.75, 3.05) is 0 Å². The van der Waals surface area contributed by atoms with Gasteiger partial charge >= 0.3 is 0 Å². The minimum absolute atomic E-state index is 0.782. The second-order valence-corrected chi connectivity index (χ2v) is 8.72. The van der Waals surface area contributed by atoms with Gasteiger partial charge in [0.2, 0.25) is 0 Å². The van der Waals surface area contributed by atoms with Gasteiger partial charge in [-0.05, 0) is 0 Å². The zero-order valence-electron chi connectivity index (χ0n) is 5.49. The molecule has 0 aromatic rings. The third kappa shape index (κ3) is 6.28. The third-order valence-electron chi connectivity index (χ3n) is 0.894. The SMILES string of the molecule is [B]CC[Si](C)(C)C. The Hall–Kier alpha value is 0.282. The van der Waals surface area contributed by atoms with Crippen molar-refractivity contribution in [2.24, 2.45) is 0 Å². The van der Waals surface area contributed by atoms with Gasteiger partial charge in [0.25, 0.3) is 0 Å². The van der Waals surface area contributed by atoms with Crippen LogP contribution in [-0.4, -0.2) is 15.9 Å². The van der Waals surface area contributed by atoms with Gasteiger partial charge in [-0.15, -0.1) is 0 Å². The van der Waals surface area contributed by atoms with Crippen LogP contribution in [-0.2, 0) is 0 Å². The predicted molar refractivity (Wildman–Crippen MR) is 38.7 cm³/mol. The maximum atomic E-state index is 5.35. The fraction of sp³-hybridized carbons (Fsp3) is 1.00. The Morgan fingerprint density at radius 3 is 1.71 bits per heavy atom. The lowest BCUT2D eigenvalue weighted by Gasteiger charge is -2.12. The maximum Gasteiger partial charge on any atom is 0.0649 e. The molecule has 0 aliphatic rings. The summed E-state index contributed by atoms with van der Waals surface area (Å²) in [5, 5.41) is 0. The molecular weight excluding hydrogens is 99.0 g/mol. The molecule has 0 spiro atoms. The Morgan fingerprint density at radius 1 is 1.29 bits per heavy atom. The first-order valence-corrected chi connectivity index (χ1v) is 6.47. The highest BCUT2D eigenvalue weighted by Gasteiger charge is 2.08. The third-order valence-corrected chi connectivity index (χ3v) is 2.68. The first-order chi connectivity index (χ1) is 3.06. The highest BCUT2D eigenvalue weighted by molar-refractivity contribution is 6.76. The van der Waals surface area contributed by atoms with E-state index in [0.29, 0.717) is 0 Å². The molecule has 0 nitrogen and oxygen atoms in total. The first-order valence-electron chi connectivity index (χ1n) is 2.76. The Balaban J connectivity index is 3.15. The van der Waals surface area contributed by atoms with Crippen LogP contribution in [0.1, 0.15) is 0 Å². The van der Waals surface area contributed by atoms with E-state index in [0.717, 1.165) is 6.32 Å². The van der Waals surface area contributed by atoms with Gasteiger partial charge in [-0.3, -0.25) is 0 Å². The lowest BCUT2D eigenvalue weighted by atomic mass is 10.1. The lowest BCUT2D eigenvalue weighted by Crippen LogP contribution is -2.18. The van der Waals surface area contributed by atoms with Crippen LogP contribution in [0, 0.1) is 0 Å². The van der Waals surface area contributed by atoms with E-state index in [2.05, 4.69) is 19.6 Å². The molecule has 40 valence electrons. The van der Waals surface area contributed by atoms with E-state index in [1.54, 1.807) is 0 Å². The summed E-state index contributed by atoms with van der Waals surface area (Å²) in [6, 6.07) is 1.26. The smallest absolute Gasteiger partial charge is 0.0649 e. The molecule has 0 saturated heterocycles. The summed E-state index contributed by atoms with van der Waals surface area (Å²) in [4.78, 5) is 0. The molecule has 2 heteroatoms. The summed E-state index contributed by atoms with van der Waals surface area (Å²) in [5.41, 5.74) is 0. The predicted octanol–water partition coefficient (Wildman–Crippen LogP) is 1.91. The summed E-state index contributed by atoms with van der Waals surface area (Å²) in [6.07, 6.45) is 0.871.